The van der Waals surface area contributed by atoms with Crippen molar-refractivity contribution in [1.82, 2.24) is 0 Å². The maximum Gasteiger partial charge on any atom is 0.195 e. The predicted molar refractivity (Wildman–Crippen MR) is 65.6 cm³/mol. The molecule has 0 saturated heterocycles. The van der Waals surface area contributed by atoms with Crippen LogP contribution in [0.25, 0.3) is 0 Å². The Hall–Kier alpha value is -1.24. The molecule has 1 heterocycles. The maximum absolute atomic E-state index is 13.5. The van der Waals surface area contributed by atoms with Gasteiger partial charge in [-0.3, -0.25) is 0 Å². The van der Waals surface area contributed by atoms with Gasteiger partial charge >= 0.3 is 0 Å². The summed E-state index contributed by atoms with van der Waals surface area (Å²) in [6.45, 7) is 0. The Kier molecular flexibility index (Phi) is 4.61. The Balaban J connectivity index is 0.00000162. The summed E-state index contributed by atoms with van der Waals surface area (Å²) < 4.78 is 39.4. The highest BCUT2D eigenvalue weighted by Gasteiger charge is 2.24. The first-order valence-electron chi connectivity index (χ1n) is 4.67. The fraction of sp³-hybridized carbons (Fsp3) is 0.0909. The van der Waals surface area contributed by atoms with Crippen LogP contribution in [0.2, 0.25) is 0 Å². The molecule has 1 aromatic heterocycles. The maximum atomic E-state index is 13.5. The third kappa shape index (κ3) is 2.45. The monoisotopic (exact) mass is 295 g/mol. The number of phenolic OH excluding ortho intramolecular Hbond substituents is 1. The van der Waals surface area contributed by atoms with Gasteiger partial charge in [-0.15, -0.1) is 23.7 Å². The molecule has 0 fully saturated rings. The molecule has 0 saturated carbocycles. The average molecular weight is 296 g/mol. The quantitative estimate of drug-likeness (QED) is 0.835. The van der Waals surface area contributed by atoms with Crippen LogP contribution in [0.15, 0.2) is 23.6 Å². The molecule has 2 nitrogen and oxygen atoms in total. The van der Waals surface area contributed by atoms with E-state index in [4.69, 9.17) is 5.73 Å². The van der Waals surface area contributed by atoms with Crippen molar-refractivity contribution in [2.24, 2.45) is 5.73 Å². The highest BCUT2D eigenvalue weighted by Crippen LogP contribution is 2.34. The zero-order chi connectivity index (χ0) is 12.6. The van der Waals surface area contributed by atoms with Gasteiger partial charge < -0.3 is 10.8 Å². The molecule has 0 aliphatic rings. The molecule has 1 aromatic carbocycles. The highest BCUT2D eigenvalue weighted by molar-refractivity contribution is 7.10. The fourth-order valence-electron chi connectivity index (χ4n) is 1.50. The molecule has 0 aliphatic heterocycles. The van der Waals surface area contributed by atoms with Gasteiger partial charge in [0.15, 0.2) is 17.5 Å². The Morgan fingerprint density at radius 2 is 1.89 bits per heavy atom. The molecule has 98 valence electrons. The van der Waals surface area contributed by atoms with Crippen LogP contribution in [0.3, 0.4) is 0 Å². The van der Waals surface area contributed by atoms with E-state index in [0.29, 0.717) is 10.9 Å². The number of nitrogens with two attached hydrogens (primary N) is 1. The number of hydrogen-bond acceptors (Lipinski definition) is 3. The van der Waals surface area contributed by atoms with E-state index < -0.39 is 34.8 Å². The second-order valence-electron chi connectivity index (χ2n) is 3.41. The van der Waals surface area contributed by atoms with Crippen LogP contribution in [0.1, 0.15) is 16.5 Å². The van der Waals surface area contributed by atoms with Gasteiger partial charge in [-0.25, -0.2) is 13.2 Å². The summed E-state index contributed by atoms with van der Waals surface area (Å²) in [5.74, 6) is -5.22. The molecular formula is C11H9ClF3NOS. The minimum atomic E-state index is -1.63. The first-order chi connectivity index (χ1) is 8.02. The molecule has 7 heteroatoms. The van der Waals surface area contributed by atoms with Crippen molar-refractivity contribution in [1.29, 1.82) is 0 Å². The van der Waals surface area contributed by atoms with E-state index in [2.05, 4.69) is 0 Å². The van der Waals surface area contributed by atoms with E-state index in [-0.39, 0.29) is 12.4 Å². The summed E-state index contributed by atoms with van der Waals surface area (Å²) in [6, 6.07) is 2.80. The lowest BCUT2D eigenvalue weighted by Crippen LogP contribution is -2.14. The summed E-state index contributed by atoms with van der Waals surface area (Å²) in [4.78, 5) is 0.546. The lowest BCUT2D eigenvalue weighted by Gasteiger charge is -2.13. The summed E-state index contributed by atoms with van der Waals surface area (Å²) >= 11 is 1.23. The van der Waals surface area contributed by atoms with E-state index in [1.54, 1.807) is 17.5 Å². The van der Waals surface area contributed by atoms with Crippen LogP contribution in [0.5, 0.6) is 5.75 Å². The standard InChI is InChI=1S/C11H8F3NOS.ClH/c12-5-4-6(16)8(10(14)9(5)13)11(15)7-2-1-3-17-7;/h1-4,11,16H,15H2;1H/t11-;/m1./s1. The van der Waals surface area contributed by atoms with Gasteiger partial charge in [0.05, 0.1) is 11.6 Å². The predicted octanol–water partition coefficient (Wildman–Crippen LogP) is 3.34. The normalized spacial score (nSPS) is 12.0. The SMILES string of the molecule is Cl.N[C@H](c1cccs1)c1c(O)cc(F)c(F)c1F. The van der Waals surface area contributed by atoms with Gasteiger partial charge in [-0.1, -0.05) is 6.07 Å². The Labute approximate surface area is 111 Å². The van der Waals surface area contributed by atoms with Crippen molar-refractivity contribution in [2.75, 3.05) is 0 Å². The molecule has 2 rings (SSSR count). The van der Waals surface area contributed by atoms with Crippen molar-refractivity contribution in [3.8, 4) is 5.75 Å². The molecular weight excluding hydrogens is 287 g/mol. The van der Waals surface area contributed by atoms with Crippen molar-refractivity contribution in [2.45, 2.75) is 6.04 Å². The molecule has 0 unspecified atom stereocenters. The first-order valence-corrected chi connectivity index (χ1v) is 5.55. The molecule has 1 atom stereocenters. The molecule has 18 heavy (non-hydrogen) atoms. The number of thiophene rings is 1. The van der Waals surface area contributed by atoms with E-state index in [9.17, 15) is 18.3 Å². The minimum Gasteiger partial charge on any atom is -0.507 e. The van der Waals surface area contributed by atoms with Crippen LogP contribution >= 0.6 is 23.7 Å². The van der Waals surface area contributed by atoms with E-state index in [1.807, 2.05) is 0 Å². The van der Waals surface area contributed by atoms with Gasteiger partial charge in [-0.2, -0.15) is 0 Å². The molecule has 3 N–H and O–H groups in total. The summed E-state index contributed by atoms with van der Waals surface area (Å²) in [6.07, 6.45) is 0. The summed E-state index contributed by atoms with van der Waals surface area (Å²) in [7, 11) is 0. The van der Waals surface area contributed by atoms with E-state index in [1.165, 1.54) is 11.3 Å². The Morgan fingerprint density at radius 1 is 1.22 bits per heavy atom. The Morgan fingerprint density at radius 3 is 2.44 bits per heavy atom. The van der Waals surface area contributed by atoms with E-state index >= 15 is 0 Å². The topological polar surface area (TPSA) is 46.2 Å². The number of aromatic hydroxyl groups is 1. The number of halogens is 4. The summed E-state index contributed by atoms with van der Waals surface area (Å²) in [5.41, 5.74) is 5.26. The van der Waals surface area contributed by atoms with Crippen molar-refractivity contribution < 1.29 is 18.3 Å². The Bertz CT molecular complexity index is 548. The van der Waals surface area contributed by atoms with Crippen molar-refractivity contribution in [3.05, 3.63) is 51.5 Å². The molecule has 0 aliphatic carbocycles. The number of hydrogen-bond donors (Lipinski definition) is 2. The first kappa shape index (κ1) is 14.8. The van der Waals surface area contributed by atoms with Crippen molar-refractivity contribution >= 4 is 23.7 Å². The van der Waals surface area contributed by atoms with Crippen LogP contribution in [0, 0.1) is 17.5 Å². The smallest absolute Gasteiger partial charge is 0.195 e. The zero-order valence-corrected chi connectivity index (χ0v) is 10.5. The van der Waals surface area contributed by atoms with Crippen molar-refractivity contribution in [3.63, 3.8) is 0 Å². The second kappa shape index (κ2) is 5.60. The number of benzene rings is 1. The molecule has 0 amide bonds. The van der Waals surface area contributed by atoms with Crippen LogP contribution in [-0.4, -0.2) is 5.11 Å². The number of phenols is 1. The van der Waals surface area contributed by atoms with E-state index in [0.717, 1.165) is 0 Å². The van der Waals surface area contributed by atoms with Gasteiger partial charge in [-0.05, 0) is 11.4 Å². The van der Waals surface area contributed by atoms with Gasteiger partial charge in [0.25, 0.3) is 0 Å². The summed E-state index contributed by atoms with van der Waals surface area (Å²) in [5, 5.41) is 11.2. The fourth-order valence-corrected chi connectivity index (χ4v) is 2.24. The largest absolute Gasteiger partial charge is 0.507 e. The number of rotatable bonds is 2. The van der Waals surface area contributed by atoms with Gasteiger partial charge in [0.2, 0.25) is 0 Å². The molecule has 2 aromatic rings. The van der Waals surface area contributed by atoms with Crippen LogP contribution in [0.4, 0.5) is 13.2 Å². The lowest BCUT2D eigenvalue weighted by molar-refractivity contribution is 0.405. The van der Waals surface area contributed by atoms with Gasteiger partial charge in [0, 0.05) is 10.9 Å². The minimum absolute atomic E-state index is 0. The third-order valence-electron chi connectivity index (χ3n) is 2.34. The lowest BCUT2D eigenvalue weighted by atomic mass is 10.0. The van der Waals surface area contributed by atoms with Gasteiger partial charge in [0.1, 0.15) is 5.75 Å². The highest BCUT2D eigenvalue weighted by atomic mass is 35.5. The molecule has 0 bridgehead atoms. The molecule has 0 spiro atoms. The third-order valence-corrected chi connectivity index (χ3v) is 3.29. The van der Waals surface area contributed by atoms with Crippen LogP contribution in [-0.2, 0) is 0 Å². The van der Waals surface area contributed by atoms with Crippen LogP contribution < -0.4 is 5.73 Å². The average Bonchev–Trinajstić information content (AvgIpc) is 2.79. The molecule has 0 radical (unpaired) electrons. The zero-order valence-electron chi connectivity index (χ0n) is 8.86. The second-order valence-corrected chi connectivity index (χ2v) is 4.39.